The molecule has 2 heteroatoms. The predicted octanol–water partition coefficient (Wildman–Crippen LogP) is 1.12. The van der Waals surface area contributed by atoms with Crippen molar-refractivity contribution in [2.45, 2.75) is 51.2 Å². The van der Waals surface area contributed by atoms with E-state index in [0.717, 1.165) is 0 Å². The molecule has 1 aliphatic carbocycles. The number of hydrogen-bond donors (Lipinski definition) is 2. The summed E-state index contributed by atoms with van der Waals surface area (Å²) >= 11 is 0. The normalized spacial score (nSPS) is 31.6. The molecule has 2 N–H and O–H groups in total. The summed E-state index contributed by atoms with van der Waals surface area (Å²) in [6.45, 7) is 4.43. The average Bonchev–Trinajstić information content (AvgIpc) is 2.34. The summed E-state index contributed by atoms with van der Waals surface area (Å²) in [6, 6.07) is 2.03. The summed E-state index contributed by atoms with van der Waals surface area (Å²) in [5, 5.41) is 6.94. The molecule has 2 nitrogen and oxygen atoms in total. The molecular weight excluding hydrogens is 136 g/mol. The Morgan fingerprint density at radius 1 is 1.18 bits per heavy atom. The lowest BCUT2D eigenvalue weighted by molar-refractivity contribution is 0.401. The Kier molecular flexibility index (Phi) is 3.34. The molecule has 0 amide bonds. The molecule has 0 spiro atoms. The van der Waals surface area contributed by atoms with Gasteiger partial charge in [0.25, 0.3) is 0 Å². The third-order valence-corrected chi connectivity index (χ3v) is 2.43. The molecule has 0 aromatic heterocycles. The second-order valence-electron chi connectivity index (χ2n) is 3.75. The highest BCUT2D eigenvalue weighted by atomic mass is 15.0. The number of rotatable bonds is 3. The van der Waals surface area contributed by atoms with Gasteiger partial charge in [0.15, 0.2) is 0 Å². The Morgan fingerprint density at radius 3 is 2.36 bits per heavy atom. The molecule has 0 unspecified atom stereocenters. The summed E-state index contributed by atoms with van der Waals surface area (Å²) in [5.74, 6) is 0. The van der Waals surface area contributed by atoms with Crippen LogP contribution in [-0.2, 0) is 0 Å². The molecule has 1 fully saturated rings. The van der Waals surface area contributed by atoms with E-state index in [9.17, 15) is 0 Å². The Labute approximate surface area is 69.8 Å². The van der Waals surface area contributed by atoms with Gasteiger partial charge in [-0.3, -0.25) is 0 Å². The maximum atomic E-state index is 3.58. The fourth-order valence-corrected chi connectivity index (χ4v) is 1.93. The maximum absolute atomic E-state index is 3.58. The van der Waals surface area contributed by atoms with Gasteiger partial charge in [-0.05, 0) is 19.9 Å². The Balaban J connectivity index is 2.31. The van der Waals surface area contributed by atoms with Gasteiger partial charge >= 0.3 is 0 Å². The van der Waals surface area contributed by atoms with Crippen LogP contribution >= 0.6 is 0 Å². The van der Waals surface area contributed by atoms with Gasteiger partial charge < -0.3 is 10.6 Å². The minimum Gasteiger partial charge on any atom is -0.315 e. The molecule has 2 atom stereocenters. The first kappa shape index (κ1) is 9.01. The van der Waals surface area contributed by atoms with Gasteiger partial charge in [-0.15, -0.1) is 0 Å². The van der Waals surface area contributed by atoms with Crippen LogP contribution in [0.5, 0.6) is 0 Å². The van der Waals surface area contributed by atoms with Crippen molar-refractivity contribution >= 4 is 0 Å². The highest BCUT2D eigenvalue weighted by molar-refractivity contribution is 4.88. The molecule has 0 aromatic rings. The minimum absolute atomic E-state index is 0.619. The van der Waals surface area contributed by atoms with Crippen molar-refractivity contribution in [3.8, 4) is 0 Å². The second kappa shape index (κ2) is 4.07. The summed E-state index contributed by atoms with van der Waals surface area (Å²) < 4.78 is 0. The van der Waals surface area contributed by atoms with Crippen LogP contribution in [0.4, 0.5) is 0 Å². The molecule has 1 aliphatic rings. The van der Waals surface area contributed by atoms with E-state index in [4.69, 9.17) is 0 Å². The van der Waals surface area contributed by atoms with E-state index in [1.807, 2.05) is 0 Å². The zero-order chi connectivity index (χ0) is 8.27. The van der Waals surface area contributed by atoms with Crippen molar-refractivity contribution < 1.29 is 0 Å². The second-order valence-corrected chi connectivity index (χ2v) is 3.75. The fourth-order valence-electron chi connectivity index (χ4n) is 1.93. The van der Waals surface area contributed by atoms with E-state index in [0.29, 0.717) is 18.1 Å². The molecule has 1 saturated carbocycles. The van der Waals surface area contributed by atoms with Gasteiger partial charge in [0, 0.05) is 18.1 Å². The van der Waals surface area contributed by atoms with Crippen LogP contribution < -0.4 is 10.6 Å². The monoisotopic (exact) mass is 156 g/mol. The largest absolute Gasteiger partial charge is 0.315 e. The highest BCUT2D eigenvalue weighted by Gasteiger charge is 2.25. The van der Waals surface area contributed by atoms with Crippen LogP contribution in [0.25, 0.3) is 0 Å². The lowest BCUT2D eigenvalue weighted by Crippen LogP contribution is -2.45. The van der Waals surface area contributed by atoms with Crippen molar-refractivity contribution in [3.63, 3.8) is 0 Å². The van der Waals surface area contributed by atoms with Crippen molar-refractivity contribution in [3.05, 3.63) is 0 Å². The van der Waals surface area contributed by atoms with Gasteiger partial charge in [0.05, 0.1) is 0 Å². The third kappa shape index (κ3) is 2.46. The number of nitrogens with one attached hydrogen (secondary N) is 2. The van der Waals surface area contributed by atoms with Crippen molar-refractivity contribution in [2.24, 2.45) is 0 Å². The van der Waals surface area contributed by atoms with Gasteiger partial charge in [0.2, 0.25) is 0 Å². The van der Waals surface area contributed by atoms with Crippen LogP contribution in [-0.4, -0.2) is 25.2 Å². The molecule has 0 heterocycles. The van der Waals surface area contributed by atoms with Gasteiger partial charge in [0.1, 0.15) is 0 Å². The van der Waals surface area contributed by atoms with Gasteiger partial charge in [-0.2, -0.15) is 0 Å². The van der Waals surface area contributed by atoms with Crippen molar-refractivity contribution in [2.75, 3.05) is 7.05 Å². The summed E-state index contributed by atoms with van der Waals surface area (Å²) in [7, 11) is 2.06. The molecule has 0 bridgehead atoms. The first-order valence-electron chi connectivity index (χ1n) is 4.67. The van der Waals surface area contributed by atoms with Crippen molar-refractivity contribution in [1.29, 1.82) is 0 Å². The van der Waals surface area contributed by atoms with Gasteiger partial charge in [-0.1, -0.05) is 20.3 Å². The summed E-state index contributed by atoms with van der Waals surface area (Å²) in [5.41, 5.74) is 0. The minimum atomic E-state index is 0.619. The Hall–Kier alpha value is -0.0800. The highest BCUT2D eigenvalue weighted by Crippen LogP contribution is 2.18. The first-order valence-corrected chi connectivity index (χ1v) is 4.67. The first-order chi connectivity index (χ1) is 5.24. The van der Waals surface area contributed by atoms with Gasteiger partial charge in [-0.25, -0.2) is 0 Å². The molecule has 0 aromatic carbocycles. The van der Waals surface area contributed by atoms with Crippen LogP contribution in [0.2, 0.25) is 0 Å². The standard InChI is InChI=1S/C9H20N2/c1-7(2)11-9-6-4-5-8(9)10-3/h7-11H,4-6H2,1-3H3/t8-,9-/m1/s1. The average molecular weight is 156 g/mol. The summed E-state index contributed by atoms with van der Waals surface area (Å²) in [6.07, 6.45) is 4.04. The molecule has 0 aliphatic heterocycles. The van der Waals surface area contributed by atoms with Crippen molar-refractivity contribution in [1.82, 2.24) is 10.6 Å². The van der Waals surface area contributed by atoms with E-state index >= 15 is 0 Å². The van der Waals surface area contributed by atoms with E-state index in [1.54, 1.807) is 0 Å². The molecule has 1 rings (SSSR count). The Bertz CT molecular complexity index is 112. The third-order valence-electron chi connectivity index (χ3n) is 2.43. The van der Waals surface area contributed by atoms with E-state index < -0.39 is 0 Å². The SMILES string of the molecule is CN[C@@H]1CCC[C@H]1NC(C)C. The van der Waals surface area contributed by atoms with E-state index in [1.165, 1.54) is 19.3 Å². The van der Waals surface area contributed by atoms with E-state index in [2.05, 4.69) is 31.5 Å². The molecule has 11 heavy (non-hydrogen) atoms. The fraction of sp³-hybridized carbons (Fsp3) is 1.00. The lowest BCUT2D eigenvalue weighted by Gasteiger charge is -2.22. The lowest BCUT2D eigenvalue weighted by atomic mass is 10.1. The maximum Gasteiger partial charge on any atom is 0.0223 e. The number of likely N-dealkylation sites (N-methyl/N-ethyl adjacent to an activating group) is 1. The quantitative estimate of drug-likeness (QED) is 0.640. The smallest absolute Gasteiger partial charge is 0.0223 e. The van der Waals surface area contributed by atoms with E-state index in [-0.39, 0.29) is 0 Å². The zero-order valence-corrected chi connectivity index (χ0v) is 7.85. The molecule has 0 saturated heterocycles. The van der Waals surface area contributed by atoms with Crippen LogP contribution in [0.3, 0.4) is 0 Å². The van der Waals surface area contributed by atoms with Crippen LogP contribution in [0.15, 0.2) is 0 Å². The molecule has 0 radical (unpaired) electrons. The van der Waals surface area contributed by atoms with Crippen LogP contribution in [0.1, 0.15) is 33.1 Å². The Morgan fingerprint density at radius 2 is 1.82 bits per heavy atom. The number of hydrogen-bond acceptors (Lipinski definition) is 2. The topological polar surface area (TPSA) is 24.1 Å². The zero-order valence-electron chi connectivity index (χ0n) is 7.85. The molecule has 66 valence electrons. The molecular formula is C9H20N2. The predicted molar refractivity (Wildman–Crippen MR) is 48.8 cm³/mol. The summed E-state index contributed by atoms with van der Waals surface area (Å²) in [4.78, 5) is 0. The van der Waals surface area contributed by atoms with Crippen LogP contribution in [0, 0.1) is 0 Å².